The Hall–Kier alpha value is -1.42. The molecule has 2 rings (SSSR count). The topological polar surface area (TPSA) is 47.6 Å². The van der Waals surface area contributed by atoms with Crippen molar-refractivity contribution in [1.29, 1.82) is 0 Å². The van der Waals surface area contributed by atoms with Crippen molar-refractivity contribution in [2.24, 2.45) is 5.92 Å². The number of halogens is 1. The maximum atomic E-state index is 11.9. The van der Waals surface area contributed by atoms with Crippen molar-refractivity contribution < 1.29 is 14.3 Å². The molecule has 1 saturated carbocycles. The zero-order valence-electron chi connectivity index (χ0n) is 11.8. The minimum absolute atomic E-state index is 0.0245. The quantitative estimate of drug-likeness (QED) is 0.786. The number of hydrogen-bond acceptors (Lipinski definition) is 3. The van der Waals surface area contributed by atoms with E-state index in [4.69, 9.17) is 21.1 Å². The minimum Gasteiger partial charge on any atom is -0.493 e. The number of carbonyl (C=O) groups excluding carboxylic acids is 1. The Morgan fingerprint density at radius 3 is 2.65 bits per heavy atom. The van der Waals surface area contributed by atoms with Gasteiger partial charge < -0.3 is 14.8 Å². The molecule has 1 aliphatic carbocycles. The lowest BCUT2D eigenvalue weighted by atomic mass is 10.1. The SMILES string of the molecule is COc1ccc(CC(=O)NCC(Cl)C2CC2)cc1OC. The van der Waals surface area contributed by atoms with Gasteiger partial charge >= 0.3 is 0 Å². The second-order valence-corrected chi connectivity index (χ2v) is 5.58. The molecule has 0 aliphatic heterocycles. The molecule has 0 heterocycles. The summed E-state index contributed by atoms with van der Waals surface area (Å²) >= 11 is 6.16. The van der Waals surface area contributed by atoms with E-state index in [1.54, 1.807) is 20.3 Å². The summed E-state index contributed by atoms with van der Waals surface area (Å²) < 4.78 is 10.4. The van der Waals surface area contributed by atoms with Gasteiger partial charge in [0.25, 0.3) is 0 Å². The van der Waals surface area contributed by atoms with Gasteiger partial charge in [0.05, 0.1) is 26.0 Å². The monoisotopic (exact) mass is 297 g/mol. The summed E-state index contributed by atoms with van der Waals surface area (Å²) in [6.45, 7) is 0.540. The Labute approximate surface area is 124 Å². The van der Waals surface area contributed by atoms with Crippen LogP contribution in [0, 0.1) is 5.92 Å². The number of benzene rings is 1. The van der Waals surface area contributed by atoms with Gasteiger partial charge in [0.1, 0.15) is 0 Å². The number of ether oxygens (including phenoxy) is 2. The van der Waals surface area contributed by atoms with Gasteiger partial charge in [-0.3, -0.25) is 4.79 Å². The van der Waals surface area contributed by atoms with Gasteiger partial charge in [0.2, 0.25) is 5.91 Å². The van der Waals surface area contributed by atoms with Crippen molar-refractivity contribution in [1.82, 2.24) is 5.32 Å². The van der Waals surface area contributed by atoms with E-state index in [0.717, 1.165) is 5.56 Å². The Morgan fingerprint density at radius 2 is 2.05 bits per heavy atom. The van der Waals surface area contributed by atoms with E-state index in [1.165, 1.54) is 12.8 Å². The third kappa shape index (κ3) is 4.04. The molecule has 1 amide bonds. The fourth-order valence-electron chi connectivity index (χ4n) is 2.07. The highest BCUT2D eigenvalue weighted by Gasteiger charge is 2.29. The maximum absolute atomic E-state index is 11.9. The van der Waals surface area contributed by atoms with Gasteiger partial charge in [-0.2, -0.15) is 0 Å². The molecule has 1 fully saturated rings. The van der Waals surface area contributed by atoms with Crippen molar-refractivity contribution in [3.8, 4) is 11.5 Å². The van der Waals surface area contributed by atoms with Crippen LogP contribution in [0.5, 0.6) is 11.5 Å². The molecule has 0 saturated heterocycles. The third-order valence-electron chi connectivity index (χ3n) is 3.44. The Balaban J connectivity index is 1.86. The summed E-state index contributed by atoms with van der Waals surface area (Å²) in [5.41, 5.74) is 0.887. The van der Waals surface area contributed by atoms with Crippen LogP contribution in [-0.2, 0) is 11.2 Å². The van der Waals surface area contributed by atoms with Crippen LogP contribution in [-0.4, -0.2) is 32.0 Å². The number of methoxy groups -OCH3 is 2. The lowest BCUT2D eigenvalue weighted by Crippen LogP contribution is -2.31. The van der Waals surface area contributed by atoms with Crippen molar-refractivity contribution in [2.75, 3.05) is 20.8 Å². The van der Waals surface area contributed by atoms with Gasteiger partial charge in [0.15, 0.2) is 11.5 Å². The standard InChI is InChI=1S/C15H20ClNO3/c1-19-13-6-3-10(7-14(13)20-2)8-15(18)17-9-12(16)11-4-5-11/h3,6-7,11-12H,4-5,8-9H2,1-2H3,(H,17,18). The van der Waals surface area contributed by atoms with Crippen LogP contribution in [0.1, 0.15) is 18.4 Å². The highest BCUT2D eigenvalue weighted by atomic mass is 35.5. The fourth-order valence-corrected chi connectivity index (χ4v) is 2.40. The van der Waals surface area contributed by atoms with Crippen molar-refractivity contribution >= 4 is 17.5 Å². The van der Waals surface area contributed by atoms with Crippen molar-refractivity contribution in [3.63, 3.8) is 0 Å². The summed E-state index contributed by atoms with van der Waals surface area (Å²) in [7, 11) is 3.16. The number of rotatable bonds is 7. The molecule has 1 N–H and O–H groups in total. The number of hydrogen-bond donors (Lipinski definition) is 1. The first kappa shape index (κ1) is 15.0. The highest BCUT2D eigenvalue weighted by Crippen LogP contribution is 2.35. The largest absolute Gasteiger partial charge is 0.493 e. The summed E-state index contributed by atoms with van der Waals surface area (Å²) in [5, 5.41) is 2.93. The fraction of sp³-hybridized carbons (Fsp3) is 0.533. The van der Waals surface area contributed by atoms with Crippen LogP contribution in [0.25, 0.3) is 0 Å². The highest BCUT2D eigenvalue weighted by molar-refractivity contribution is 6.21. The molecule has 1 aromatic carbocycles. The second-order valence-electron chi connectivity index (χ2n) is 5.02. The Morgan fingerprint density at radius 1 is 1.35 bits per heavy atom. The van der Waals surface area contributed by atoms with Gasteiger partial charge in [0, 0.05) is 6.54 Å². The van der Waals surface area contributed by atoms with E-state index in [9.17, 15) is 4.79 Å². The van der Waals surface area contributed by atoms with Gasteiger partial charge in [-0.05, 0) is 36.5 Å². The first-order chi connectivity index (χ1) is 9.63. The summed E-state index contributed by atoms with van der Waals surface area (Å²) in [6.07, 6.45) is 2.67. The minimum atomic E-state index is -0.0245. The van der Waals surface area contributed by atoms with Crippen LogP contribution in [0.15, 0.2) is 18.2 Å². The summed E-state index contributed by atoms with van der Waals surface area (Å²) in [5.74, 6) is 1.85. The lowest BCUT2D eigenvalue weighted by molar-refractivity contribution is -0.120. The smallest absolute Gasteiger partial charge is 0.224 e. The third-order valence-corrected chi connectivity index (χ3v) is 3.95. The molecule has 1 atom stereocenters. The molecule has 0 radical (unpaired) electrons. The second kappa shape index (κ2) is 6.84. The molecule has 110 valence electrons. The predicted molar refractivity (Wildman–Crippen MR) is 78.6 cm³/mol. The molecule has 1 aromatic rings. The van der Waals surface area contributed by atoms with E-state index in [1.807, 2.05) is 12.1 Å². The van der Waals surface area contributed by atoms with Crippen molar-refractivity contribution in [3.05, 3.63) is 23.8 Å². The van der Waals surface area contributed by atoms with Crippen LogP contribution in [0.4, 0.5) is 0 Å². The van der Waals surface area contributed by atoms with Crippen LogP contribution in [0.3, 0.4) is 0 Å². The molecule has 0 bridgehead atoms. The molecule has 5 heteroatoms. The number of amides is 1. The molecule has 1 unspecified atom stereocenters. The average Bonchev–Trinajstić information content (AvgIpc) is 3.29. The predicted octanol–water partition coefficient (Wildman–Crippen LogP) is 2.38. The van der Waals surface area contributed by atoms with E-state index < -0.39 is 0 Å². The normalized spacial score (nSPS) is 15.6. The lowest BCUT2D eigenvalue weighted by Gasteiger charge is -2.11. The van der Waals surface area contributed by atoms with E-state index >= 15 is 0 Å². The average molecular weight is 298 g/mol. The summed E-state index contributed by atoms with van der Waals surface area (Å²) in [4.78, 5) is 11.9. The van der Waals surface area contributed by atoms with E-state index in [2.05, 4.69) is 5.32 Å². The summed E-state index contributed by atoms with van der Waals surface area (Å²) in [6, 6.07) is 5.48. The maximum Gasteiger partial charge on any atom is 0.224 e. The zero-order valence-corrected chi connectivity index (χ0v) is 12.6. The first-order valence-corrected chi connectivity index (χ1v) is 7.19. The zero-order chi connectivity index (χ0) is 14.5. The van der Waals surface area contributed by atoms with Gasteiger partial charge in [-0.15, -0.1) is 11.6 Å². The number of carbonyl (C=O) groups is 1. The van der Waals surface area contributed by atoms with E-state index in [0.29, 0.717) is 30.4 Å². The molecular weight excluding hydrogens is 278 g/mol. The van der Waals surface area contributed by atoms with Crippen LogP contribution < -0.4 is 14.8 Å². The number of alkyl halides is 1. The molecule has 1 aliphatic rings. The molecule has 4 nitrogen and oxygen atoms in total. The van der Waals surface area contributed by atoms with Crippen molar-refractivity contribution in [2.45, 2.75) is 24.6 Å². The van der Waals surface area contributed by atoms with Crippen LogP contribution in [0.2, 0.25) is 0 Å². The van der Waals surface area contributed by atoms with Crippen LogP contribution >= 0.6 is 11.6 Å². The molecule has 20 heavy (non-hydrogen) atoms. The number of nitrogens with one attached hydrogen (secondary N) is 1. The molecule has 0 aromatic heterocycles. The Kier molecular flexibility index (Phi) is 5.12. The molecular formula is C15H20ClNO3. The van der Waals surface area contributed by atoms with Gasteiger partial charge in [-0.1, -0.05) is 6.07 Å². The first-order valence-electron chi connectivity index (χ1n) is 6.75. The Bertz CT molecular complexity index is 474. The van der Waals surface area contributed by atoms with Gasteiger partial charge in [-0.25, -0.2) is 0 Å². The van der Waals surface area contributed by atoms with E-state index in [-0.39, 0.29) is 11.3 Å². The molecule has 0 spiro atoms.